The summed E-state index contributed by atoms with van der Waals surface area (Å²) in [6.07, 6.45) is 3.67. The van der Waals surface area contributed by atoms with Crippen molar-refractivity contribution in [2.24, 2.45) is 10.8 Å². The highest BCUT2D eigenvalue weighted by molar-refractivity contribution is 6.34. The van der Waals surface area contributed by atoms with Crippen molar-refractivity contribution in [3.8, 4) is 0 Å². The Labute approximate surface area is 253 Å². The van der Waals surface area contributed by atoms with E-state index in [4.69, 9.17) is 9.47 Å². The molecule has 7 nitrogen and oxygen atoms in total. The number of aliphatic hydroxyl groups is 1. The molecule has 1 saturated carbocycles. The Hall–Kier alpha value is -3.36. The Morgan fingerprint density at radius 3 is 2.14 bits per heavy atom. The number of carbonyl (C=O) groups excluding carboxylic acids is 2. The van der Waals surface area contributed by atoms with E-state index in [0.717, 1.165) is 36.2 Å². The van der Waals surface area contributed by atoms with E-state index in [1.807, 2.05) is 36.4 Å². The van der Waals surface area contributed by atoms with Crippen LogP contribution in [-0.4, -0.2) is 47.1 Å². The first-order chi connectivity index (χ1) is 20.6. The molecule has 43 heavy (non-hydrogen) atoms. The number of hydrogen-bond donors (Lipinski definition) is 1. The summed E-state index contributed by atoms with van der Waals surface area (Å²) in [7, 11) is 0. The third-order valence-corrected chi connectivity index (χ3v) is 9.79. The van der Waals surface area contributed by atoms with Gasteiger partial charge in [0.25, 0.3) is 11.8 Å². The number of carbonyl (C=O) groups is 2. The van der Waals surface area contributed by atoms with Crippen molar-refractivity contribution in [1.29, 1.82) is 0 Å². The lowest BCUT2D eigenvalue weighted by atomic mass is 9.65. The Morgan fingerprint density at radius 1 is 0.837 bits per heavy atom. The summed E-state index contributed by atoms with van der Waals surface area (Å²) in [6, 6.07) is 22.8. The van der Waals surface area contributed by atoms with Crippen LogP contribution >= 0.6 is 0 Å². The van der Waals surface area contributed by atoms with Gasteiger partial charge in [-0.25, -0.2) is 4.90 Å². The van der Waals surface area contributed by atoms with Crippen molar-refractivity contribution in [2.75, 3.05) is 18.0 Å². The van der Waals surface area contributed by atoms with Gasteiger partial charge in [0.1, 0.15) is 0 Å². The average Bonchev–Trinajstić information content (AvgIpc) is 3.39. The Bertz CT molecular complexity index is 1500. The number of aliphatic hydroxyl groups excluding tert-OH is 1. The van der Waals surface area contributed by atoms with E-state index in [0.29, 0.717) is 33.7 Å². The zero-order valence-corrected chi connectivity index (χ0v) is 25.2. The summed E-state index contributed by atoms with van der Waals surface area (Å²) in [6.45, 7) is 9.20. The standard InChI is InChI=1S/C36H40N2O5/c1-35(2)17-27-18-36(3,21-35)22-37(27)19-28-16-31(24-10-8-23(20-39)9-11-24)43-34(42-28)25-12-14-26(15-13-25)38-32(40)29-6-4-5-7-30(29)33(38)41/h4-15,27-28,31,34,39H,16-22H2,1-3H3. The molecule has 3 aromatic carbocycles. The van der Waals surface area contributed by atoms with Gasteiger partial charge in [0.2, 0.25) is 0 Å². The highest BCUT2D eigenvalue weighted by Crippen LogP contribution is 2.53. The van der Waals surface area contributed by atoms with Gasteiger partial charge < -0.3 is 14.6 Å². The summed E-state index contributed by atoms with van der Waals surface area (Å²) < 4.78 is 13.2. The monoisotopic (exact) mass is 580 g/mol. The van der Waals surface area contributed by atoms with E-state index in [9.17, 15) is 14.7 Å². The van der Waals surface area contributed by atoms with Crippen molar-refractivity contribution in [1.82, 2.24) is 4.90 Å². The van der Waals surface area contributed by atoms with E-state index in [1.165, 1.54) is 24.2 Å². The zero-order valence-electron chi connectivity index (χ0n) is 25.2. The van der Waals surface area contributed by atoms with Crippen LogP contribution in [0, 0.1) is 10.8 Å². The molecule has 2 saturated heterocycles. The van der Waals surface area contributed by atoms with Crippen LogP contribution in [0.2, 0.25) is 0 Å². The molecule has 1 aliphatic carbocycles. The Morgan fingerprint density at radius 2 is 1.49 bits per heavy atom. The van der Waals surface area contributed by atoms with Gasteiger partial charge in [0.05, 0.1) is 35.6 Å². The molecule has 2 bridgehead atoms. The SMILES string of the molecule is CC1(C)CC2CC(C)(CN2CC2CC(c3ccc(CO)cc3)OC(c3ccc(N4C(=O)c5ccccc5C4=O)cc3)O2)C1. The molecule has 3 aromatic rings. The normalized spacial score (nSPS) is 30.1. The van der Waals surface area contributed by atoms with Gasteiger partial charge in [0, 0.05) is 31.1 Å². The van der Waals surface area contributed by atoms with E-state index >= 15 is 0 Å². The van der Waals surface area contributed by atoms with Gasteiger partial charge in [-0.3, -0.25) is 14.5 Å². The summed E-state index contributed by atoms with van der Waals surface area (Å²) in [5.74, 6) is -0.615. The highest BCUT2D eigenvalue weighted by Gasteiger charge is 2.50. The number of amides is 2. The molecule has 7 rings (SSSR count). The third-order valence-electron chi connectivity index (χ3n) is 9.79. The van der Waals surface area contributed by atoms with E-state index in [1.54, 1.807) is 36.4 Å². The van der Waals surface area contributed by atoms with Crippen molar-refractivity contribution < 1.29 is 24.2 Å². The molecular weight excluding hydrogens is 540 g/mol. The van der Waals surface area contributed by atoms with Crippen molar-refractivity contribution >= 4 is 17.5 Å². The fraction of sp³-hybridized carbons (Fsp3) is 0.444. The van der Waals surface area contributed by atoms with Crippen LogP contribution < -0.4 is 4.90 Å². The van der Waals surface area contributed by atoms with E-state index in [-0.39, 0.29) is 30.6 Å². The second-order valence-electron chi connectivity index (χ2n) is 14.1. The maximum absolute atomic E-state index is 13.0. The quantitative estimate of drug-likeness (QED) is 0.339. The molecule has 5 unspecified atom stereocenters. The van der Waals surface area contributed by atoms with E-state index < -0.39 is 6.29 Å². The maximum atomic E-state index is 13.0. The number of anilines is 1. The van der Waals surface area contributed by atoms with Gasteiger partial charge in [-0.05, 0) is 65.5 Å². The van der Waals surface area contributed by atoms with Crippen molar-refractivity contribution in [3.63, 3.8) is 0 Å². The molecule has 4 aliphatic rings. The molecule has 0 aromatic heterocycles. The number of rotatable bonds is 6. The molecule has 5 atom stereocenters. The van der Waals surface area contributed by atoms with Gasteiger partial charge in [-0.2, -0.15) is 0 Å². The number of benzene rings is 3. The van der Waals surface area contributed by atoms with E-state index in [2.05, 4.69) is 25.7 Å². The molecule has 0 spiro atoms. The first-order valence-corrected chi connectivity index (χ1v) is 15.4. The van der Waals surface area contributed by atoms with Crippen molar-refractivity contribution in [3.05, 3.63) is 101 Å². The minimum absolute atomic E-state index is 0.00504. The predicted octanol–water partition coefficient (Wildman–Crippen LogP) is 6.43. The molecule has 3 aliphatic heterocycles. The summed E-state index contributed by atoms with van der Waals surface area (Å²) in [5.41, 5.74) is 4.85. The fourth-order valence-electron chi connectivity index (χ4n) is 8.29. The first kappa shape index (κ1) is 28.4. The van der Waals surface area contributed by atoms with Crippen molar-refractivity contribution in [2.45, 2.75) is 77.6 Å². The predicted molar refractivity (Wildman–Crippen MR) is 164 cm³/mol. The number of imide groups is 1. The fourth-order valence-corrected chi connectivity index (χ4v) is 8.29. The maximum Gasteiger partial charge on any atom is 0.266 e. The smallest absolute Gasteiger partial charge is 0.266 e. The summed E-state index contributed by atoms with van der Waals surface area (Å²) in [5, 5.41) is 9.55. The highest BCUT2D eigenvalue weighted by atomic mass is 16.7. The van der Waals surface area contributed by atoms with Crippen LogP contribution in [0.4, 0.5) is 5.69 Å². The Kier molecular flexibility index (Phi) is 7.05. The molecule has 2 amide bonds. The molecular formula is C36H40N2O5. The second-order valence-corrected chi connectivity index (χ2v) is 14.1. The Balaban J connectivity index is 1.13. The van der Waals surface area contributed by atoms with Crippen LogP contribution in [0.5, 0.6) is 0 Å². The minimum Gasteiger partial charge on any atom is -0.392 e. The number of nitrogens with zero attached hydrogens (tertiary/aromatic N) is 2. The second kappa shape index (κ2) is 10.7. The number of likely N-dealkylation sites (tertiary alicyclic amines) is 1. The lowest BCUT2D eigenvalue weighted by Crippen LogP contribution is -2.42. The van der Waals surface area contributed by atoms with Gasteiger partial charge in [-0.1, -0.05) is 69.3 Å². The third kappa shape index (κ3) is 5.33. The number of ether oxygens (including phenoxy) is 2. The first-order valence-electron chi connectivity index (χ1n) is 15.4. The van der Waals surface area contributed by atoms with Crippen LogP contribution in [0.3, 0.4) is 0 Å². The summed E-state index contributed by atoms with van der Waals surface area (Å²) >= 11 is 0. The van der Waals surface area contributed by atoms with Gasteiger partial charge >= 0.3 is 0 Å². The molecule has 0 radical (unpaired) electrons. The van der Waals surface area contributed by atoms with Gasteiger partial charge in [-0.15, -0.1) is 0 Å². The molecule has 7 heteroatoms. The van der Waals surface area contributed by atoms with Crippen LogP contribution in [0.1, 0.15) is 96.3 Å². The van der Waals surface area contributed by atoms with Crippen LogP contribution in [0.15, 0.2) is 72.8 Å². The van der Waals surface area contributed by atoms with Gasteiger partial charge in [0.15, 0.2) is 6.29 Å². The number of hydrogen-bond acceptors (Lipinski definition) is 6. The topological polar surface area (TPSA) is 79.3 Å². The molecule has 224 valence electrons. The lowest BCUT2D eigenvalue weighted by molar-refractivity contribution is -0.253. The zero-order chi connectivity index (χ0) is 29.9. The lowest BCUT2D eigenvalue weighted by Gasteiger charge is -2.41. The molecule has 3 heterocycles. The number of fused-ring (bicyclic) bond motifs is 3. The summed E-state index contributed by atoms with van der Waals surface area (Å²) in [4.78, 5) is 29.9. The molecule has 1 N–H and O–H groups in total. The molecule has 3 fully saturated rings. The average molecular weight is 581 g/mol. The largest absolute Gasteiger partial charge is 0.392 e. The van der Waals surface area contributed by atoms with Crippen LogP contribution in [-0.2, 0) is 16.1 Å². The minimum atomic E-state index is -0.591. The van der Waals surface area contributed by atoms with Crippen LogP contribution in [0.25, 0.3) is 0 Å².